The molecular formula is C15H17F3O5. The van der Waals surface area contributed by atoms with E-state index in [2.05, 4.69) is 4.74 Å². The number of methoxy groups -OCH3 is 1. The molecule has 0 bridgehead atoms. The average Bonchev–Trinajstić information content (AvgIpc) is 2.98. The highest BCUT2D eigenvalue weighted by atomic mass is 19.4. The number of carboxylic acid groups (broad SMARTS) is 1. The zero-order valence-corrected chi connectivity index (χ0v) is 12.4. The molecule has 1 aliphatic rings. The first-order chi connectivity index (χ1) is 10.8. The smallest absolute Gasteiger partial charge is 0.478 e. The number of aromatic carboxylic acids is 1. The molecule has 0 radical (unpaired) electrons. The van der Waals surface area contributed by atoms with Crippen LogP contribution in [0.2, 0.25) is 0 Å². The monoisotopic (exact) mass is 334 g/mol. The summed E-state index contributed by atoms with van der Waals surface area (Å²) in [6.07, 6.45) is -1.99. The second kappa shape index (κ2) is 7.08. The van der Waals surface area contributed by atoms with Gasteiger partial charge < -0.3 is 19.3 Å². The van der Waals surface area contributed by atoms with Crippen molar-refractivity contribution in [2.24, 2.45) is 5.92 Å². The van der Waals surface area contributed by atoms with Gasteiger partial charge in [0.05, 0.1) is 5.56 Å². The van der Waals surface area contributed by atoms with Gasteiger partial charge in [0.2, 0.25) is 6.29 Å². The third-order valence-electron chi connectivity index (χ3n) is 3.68. The van der Waals surface area contributed by atoms with Gasteiger partial charge in [0.15, 0.2) is 11.5 Å². The number of halogens is 3. The summed E-state index contributed by atoms with van der Waals surface area (Å²) in [5.74, 6) is -2.13. The van der Waals surface area contributed by atoms with E-state index >= 15 is 0 Å². The van der Waals surface area contributed by atoms with Crippen LogP contribution in [0, 0.1) is 5.92 Å². The molecule has 23 heavy (non-hydrogen) atoms. The number of hydrogen-bond donors (Lipinski definition) is 1. The maximum absolute atomic E-state index is 12.5. The number of ether oxygens (including phenoxy) is 3. The molecule has 1 saturated carbocycles. The largest absolute Gasteiger partial charge is 0.573 e. The Morgan fingerprint density at radius 3 is 2.43 bits per heavy atom. The highest BCUT2D eigenvalue weighted by molar-refractivity contribution is 5.88. The summed E-state index contributed by atoms with van der Waals surface area (Å²) in [7, 11) is 1.40. The first kappa shape index (κ1) is 17.4. The van der Waals surface area contributed by atoms with Gasteiger partial charge in [0, 0.05) is 13.0 Å². The topological polar surface area (TPSA) is 65.0 Å². The van der Waals surface area contributed by atoms with Crippen LogP contribution in [0.15, 0.2) is 18.2 Å². The normalized spacial score (nSPS) is 17.0. The molecule has 0 aromatic heterocycles. The van der Waals surface area contributed by atoms with E-state index in [1.807, 2.05) is 0 Å². The van der Waals surface area contributed by atoms with E-state index < -0.39 is 24.4 Å². The van der Waals surface area contributed by atoms with Crippen molar-refractivity contribution in [2.45, 2.75) is 38.3 Å². The fourth-order valence-electron chi connectivity index (χ4n) is 2.63. The molecule has 1 aliphatic carbocycles. The summed E-state index contributed by atoms with van der Waals surface area (Å²) < 4.78 is 52.1. The van der Waals surface area contributed by atoms with Gasteiger partial charge in [-0.25, -0.2) is 4.79 Å². The zero-order valence-electron chi connectivity index (χ0n) is 12.4. The van der Waals surface area contributed by atoms with Crippen LogP contribution in [0.5, 0.6) is 11.5 Å². The van der Waals surface area contributed by atoms with Gasteiger partial charge in [0.25, 0.3) is 0 Å². The van der Waals surface area contributed by atoms with Crippen LogP contribution in [-0.4, -0.2) is 30.8 Å². The van der Waals surface area contributed by atoms with Crippen molar-refractivity contribution in [3.63, 3.8) is 0 Å². The molecule has 128 valence electrons. The van der Waals surface area contributed by atoms with Gasteiger partial charge in [-0.15, -0.1) is 13.2 Å². The number of alkyl halides is 3. The number of rotatable bonds is 6. The van der Waals surface area contributed by atoms with Crippen molar-refractivity contribution in [3.8, 4) is 11.5 Å². The Kier molecular flexibility index (Phi) is 5.35. The first-order valence-corrected chi connectivity index (χ1v) is 7.12. The lowest BCUT2D eigenvalue weighted by atomic mass is 10.1. The molecule has 0 aliphatic heterocycles. The molecule has 0 saturated heterocycles. The maximum atomic E-state index is 12.5. The van der Waals surface area contributed by atoms with Gasteiger partial charge >= 0.3 is 12.3 Å². The van der Waals surface area contributed by atoms with Crippen molar-refractivity contribution in [2.75, 3.05) is 7.11 Å². The summed E-state index contributed by atoms with van der Waals surface area (Å²) in [6.45, 7) is 0. The van der Waals surface area contributed by atoms with Crippen molar-refractivity contribution < 1.29 is 37.3 Å². The van der Waals surface area contributed by atoms with E-state index in [-0.39, 0.29) is 17.2 Å². The highest BCUT2D eigenvalue weighted by Crippen LogP contribution is 2.37. The molecular weight excluding hydrogens is 317 g/mol. The minimum atomic E-state index is -4.90. The molecule has 0 spiro atoms. The third-order valence-corrected chi connectivity index (χ3v) is 3.68. The Bertz CT molecular complexity index is 553. The Balaban J connectivity index is 2.28. The number of benzene rings is 1. The predicted molar refractivity (Wildman–Crippen MR) is 73.5 cm³/mol. The first-order valence-electron chi connectivity index (χ1n) is 7.12. The maximum Gasteiger partial charge on any atom is 0.573 e. The van der Waals surface area contributed by atoms with Crippen LogP contribution in [0.1, 0.15) is 36.0 Å². The summed E-state index contributed by atoms with van der Waals surface area (Å²) in [5.41, 5.74) is -0.198. The average molecular weight is 334 g/mol. The van der Waals surface area contributed by atoms with Crippen LogP contribution in [0.4, 0.5) is 13.2 Å². The molecule has 1 atom stereocenters. The van der Waals surface area contributed by atoms with E-state index in [9.17, 15) is 18.0 Å². The number of carboxylic acids is 1. The molecule has 8 heteroatoms. The molecule has 1 unspecified atom stereocenters. The predicted octanol–water partition coefficient (Wildman–Crippen LogP) is 3.82. The fraction of sp³-hybridized carbons (Fsp3) is 0.533. The molecule has 5 nitrogen and oxygen atoms in total. The van der Waals surface area contributed by atoms with Gasteiger partial charge in [-0.05, 0) is 31.0 Å². The Morgan fingerprint density at radius 2 is 1.91 bits per heavy atom. The minimum absolute atomic E-state index is 0.0484. The van der Waals surface area contributed by atoms with Crippen molar-refractivity contribution in [1.82, 2.24) is 0 Å². The van der Waals surface area contributed by atoms with Crippen LogP contribution >= 0.6 is 0 Å². The summed E-state index contributed by atoms with van der Waals surface area (Å²) in [4.78, 5) is 11.0. The van der Waals surface area contributed by atoms with E-state index in [1.165, 1.54) is 7.11 Å². The Labute approximate surface area is 131 Å². The Morgan fingerprint density at radius 1 is 1.26 bits per heavy atom. The molecule has 1 aromatic carbocycles. The SMILES string of the molecule is COC(Oc1cc(C(=O)O)ccc1OC(F)(F)F)C1CCCC1. The summed E-state index contributed by atoms with van der Waals surface area (Å²) in [6, 6.07) is 2.95. The molecule has 0 heterocycles. The second-order valence-corrected chi connectivity index (χ2v) is 5.28. The lowest BCUT2D eigenvalue weighted by molar-refractivity contribution is -0.275. The molecule has 1 fully saturated rings. The van der Waals surface area contributed by atoms with Crippen molar-refractivity contribution in [3.05, 3.63) is 23.8 Å². The van der Waals surface area contributed by atoms with Crippen LogP contribution in [0.3, 0.4) is 0 Å². The van der Waals surface area contributed by atoms with Gasteiger partial charge in [-0.1, -0.05) is 12.8 Å². The van der Waals surface area contributed by atoms with E-state index in [4.69, 9.17) is 14.6 Å². The van der Waals surface area contributed by atoms with Gasteiger partial charge in [-0.3, -0.25) is 0 Å². The van der Waals surface area contributed by atoms with Crippen LogP contribution < -0.4 is 9.47 Å². The molecule has 2 rings (SSSR count). The van der Waals surface area contributed by atoms with E-state index in [1.54, 1.807) is 0 Å². The Hall–Kier alpha value is -1.96. The number of hydrogen-bond acceptors (Lipinski definition) is 4. The minimum Gasteiger partial charge on any atom is -0.478 e. The summed E-state index contributed by atoms with van der Waals surface area (Å²) in [5, 5.41) is 8.99. The summed E-state index contributed by atoms with van der Waals surface area (Å²) >= 11 is 0. The van der Waals surface area contributed by atoms with Crippen molar-refractivity contribution in [1.29, 1.82) is 0 Å². The lowest BCUT2D eigenvalue weighted by Crippen LogP contribution is -2.28. The quantitative estimate of drug-likeness (QED) is 0.801. The third kappa shape index (κ3) is 4.75. The number of carbonyl (C=O) groups is 1. The molecule has 1 N–H and O–H groups in total. The second-order valence-electron chi connectivity index (χ2n) is 5.28. The molecule has 1 aromatic rings. The van der Waals surface area contributed by atoms with E-state index in [0.717, 1.165) is 43.9 Å². The molecule has 0 amide bonds. The van der Waals surface area contributed by atoms with Crippen LogP contribution in [0.25, 0.3) is 0 Å². The van der Waals surface area contributed by atoms with Gasteiger partial charge in [-0.2, -0.15) is 0 Å². The van der Waals surface area contributed by atoms with Crippen LogP contribution in [-0.2, 0) is 4.74 Å². The zero-order chi connectivity index (χ0) is 17.0. The lowest BCUT2D eigenvalue weighted by Gasteiger charge is -2.24. The van der Waals surface area contributed by atoms with E-state index in [0.29, 0.717) is 0 Å². The van der Waals surface area contributed by atoms with Gasteiger partial charge in [0.1, 0.15) is 0 Å². The highest BCUT2D eigenvalue weighted by Gasteiger charge is 2.34. The standard InChI is InChI=1S/C15H17F3O5/c1-21-14(9-4-2-3-5-9)22-12-8-10(13(19)20)6-7-11(12)23-15(16,17)18/h6-9,14H,2-5H2,1H3,(H,19,20). The van der Waals surface area contributed by atoms with Crippen molar-refractivity contribution >= 4 is 5.97 Å². The fourth-order valence-corrected chi connectivity index (χ4v) is 2.63.